The second-order valence-electron chi connectivity index (χ2n) is 8.41. The highest BCUT2D eigenvalue weighted by Crippen LogP contribution is 2.23. The topological polar surface area (TPSA) is 141 Å². The lowest BCUT2D eigenvalue weighted by Gasteiger charge is -2.32. The first-order valence-electron chi connectivity index (χ1n) is 10.5. The summed E-state index contributed by atoms with van der Waals surface area (Å²) in [6.07, 6.45) is 1.73. The summed E-state index contributed by atoms with van der Waals surface area (Å²) < 4.78 is 4.66. The lowest BCUT2D eigenvalue weighted by molar-refractivity contribution is -0.155. The van der Waals surface area contributed by atoms with Crippen LogP contribution in [-0.2, 0) is 19.1 Å². The van der Waals surface area contributed by atoms with Gasteiger partial charge in [0.05, 0.1) is 12.5 Å². The fraction of sp³-hybridized carbons (Fsp3) is 0.619. The Hall–Kier alpha value is -2.56. The van der Waals surface area contributed by atoms with Gasteiger partial charge in [-0.05, 0) is 37.3 Å². The number of aliphatic hydroxyl groups excluding tert-OH is 2. The van der Waals surface area contributed by atoms with Gasteiger partial charge in [0.1, 0.15) is 18.3 Å². The highest BCUT2D eigenvalue weighted by Gasteiger charge is 2.41. The van der Waals surface area contributed by atoms with Crippen molar-refractivity contribution in [2.24, 2.45) is 5.92 Å². The van der Waals surface area contributed by atoms with Crippen molar-refractivity contribution in [1.29, 1.82) is 0 Å². The van der Waals surface area contributed by atoms with Gasteiger partial charge < -0.3 is 25.2 Å². The third kappa shape index (κ3) is 5.20. The first-order valence-corrected chi connectivity index (χ1v) is 10.5. The number of aromatic nitrogens is 1. The zero-order valence-electron chi connectivity index (χ0n) is 17.9. The van der Waals surface area contributed by atoms with Crippen LogP contribution in [0, 0.1) is 12.8 Å². The molecule has 0 saturated carbocycles. The molecule has 170 valence electrons. The van der Waals surface area contributed by atoms with E-state index in [1.165, 1.54) is 4.90 Å². The molecule has 4 N–H and O–H groups in total. The lowest BCUT2D eigenvalue weighted by atomic mass is 10.0. The molecule has 10 nitrogen and oxygen atoms in total. The molecule has 2 aliphatic rings. The lowest BCUT2D eigenvalue weighted by Crippen LogP contribution is -2.56. The number of cyclic esters (lactones) is 1. The third-order valence-corrected chi connectivity index (χ3v) is 5.79. The van der Waals surface area contributed by atoms with Gasteiger partial charge >= 0.3 is 5.97 Å². The zero-order chi connectivity index (χ0) is 22.7. The van der Waals surface area contributed by atoms with Crippen molar-refractivity contribution >= 4 is 17.8 Å². The number of aliphatic hydroxyl groups is 2. The molecule has 2 fully saturated rings. The molecule has 5 atom stereocenters. The average molecular weight is 434 g/mol. The van der Waals surface area contributed by atoms with Crippen LogP contribution in [0.15, 0.2) is 18.5 Å². The Labute approximate surface area is 181 Å². The molecule has 1 aromatic rings. The van der Waals surface area contributed by atoms with Crippen molar-refractivity contribution in [2.45, 2.75) is 70.7 Å². The maximum absolute atomic E-state index is 13.3. The van der Waals surface area contributed by atoms with Crippen LogP contribution in [0.25, 0.3) is 0 Å². The smallest absolute Gasteiger partial charge is 0.310 e. The standard InChI is InChI=1S/C21H30N4O6/c1-11(2)17(24-18(27)13-10-22-7-6-12(13)3)20(29)25-8-4-5-15(25)19(28)23-14-9-16(26)31-21(14)30/h6-7,10-11,14-15,17-18,21,24,27,30H,4-5,8-9H2,1-3H3,(H,23,28)/t14-,15-,17-,18?,21+/m0/s1. The number of rotatable bonds is 7. The van der Waals surface area contributed by atoms with Crippen LogP contribution in [0.3, 0.4) is 0 Å². The van der Waals surface area contributed by atoms with Crippen LogP contribution in [0.1, 0.15) is 50.5 Å². The number of nitrogens with zero attached hydrogens (tertiary/aromatic N) is 2. The highest BCUT2D eigenvalue weighted by atomic mass is 16.6. The van der Waals surface area contributed by atoms with Gasteiger partial charge in [-0.3, -0.25) is 24.7 Å². The van der Waals surface area contributed by atoms with Crippen LogP contribution in [0.4, 0.5) is 0 Å². The Balaban J connectivity index is 1.69. The van der Waals surface area contributed by atoms with Gasteiger partial charge in [-0.25, -0.2) is 0 Å². The maximum Gasteiger partial charge on any atom is 0.310 e. The number of aryl methyl sites for hydroxylation is 1. The first kappa shape index (κ1) is 23.1. The number of hydrogen-bond acceptors (Lipinski definition) is 8. The molecule has 31 heavy (non-hydrogen) atoms. The Bertz CT molecular complexity index is 832. The van der Waals surface area contributed by atoms with Crippen LogP contribution >= 0.6 is 0 Å². The molecule has 10 heteroatoms. The summed E-state index contributed by atoms with van der Waals surface area (Å²) in [6.45, 7) is 5.98. The van der Waals surface area contributed by atoms with E-state index in [-0.39, 0.29) is 18.2 Å². The van der Waals surface area contributed by atoms with Crippen LogP contribution in [0.2, 0.25) is 0 Å². The van der Waals surface area contributed by atoms with Gasteiger partial charge in [-0.1, -0.05) is 13.8 Å². The summed E-state index contributed by atoms with van der Waals surface area (Å²) in [6, 6.07) is -0.480. The minimum Gasteiger partial charge on any atom is -0.434 e. The monoisotopic (exact) mass is 434 g/mol. The number of amides is 2. The number of hydrogen-bond donors (Lipinski definition) is 4. The van der Waals surface area contributed by atoms with Gasteiger partial charge in [-0.15, -0.1) is 0 Å². The predicted molar refractivity (Wildman–Crippen MR) is 109 cm³/mol. The third-order valence-electron chi connectivity index (χ3n) is 5.79. The van der Waals surface area contributed by atoms with Gasteiger partial charge in [-0.2, -0.15) is 0 Å². The van der Waals surface area contributed by atoms with Gasteiger partial charge in [0.2, 0.25) is 18.1 Å². The minimum absolute atomic E-state index is 0.111. The quantitative estimate of drug-likeness (QED) is 0.340. The van der Waals surface area contributed by atoms with Crippen molar-refractivity contribution in [3.63, 3.8) is 0 Å². The summed E-state index contributed by atoms with van der Waals surface area (Å²) in [5.41, 5.74) is 1.42. The van der Waals surface area contributed by atoms with Crippen molar-refractivity contribution in [3.8, 4) is 0 Å². The number of ether oxygens (including phenoxy) is 1. The fourth-order valence-corrected chi connectivity index (χ4v) is 4.00. The molecule has 1 aromatic heterocycles. The second-order valence-corrected chi connectivity index (χ2v) is 8.41. The van der Waals surface area contributed by atoms with Gasteiger partial charge in [0.25, 0.3) is 0 Å². The van der Waals surface area contributed by atoms with Crippen LogP contribution in [0.5, 0.6) is 0 Å². The van der Waals surface area contributed by atoms with E-state index in [1.807, 2.05) is 20.8 Å². The Kier molecular flexibility index (Phi) is 7.24. The largest absolute Gasteiger partial charge is 0.434 e. The molecule has 2 aliphatic heterocycles. The van der Waals surface area contributed by atoms with Crippen LogP contribution in [-0.4, -0.2) is 68.8 Å². The molecule has 2 amide bonds. The van der Waals surface area contributed by atoms with Crippen molar-refractivity contribution in [1.82, 2.24) is 20.5 Å². The van der Waals surface area contributed by atoms with E-state index in [1.54, 1.807) is 18.5 Å². The molecule has 1 unspecified atom stereocenters. The van der Waals surface area contributed by atoms with E-state index in [0.717, 1.165) is 5.56 Å². The molecule has 3 heterocycles. The normalized spacial score (nSPS) is 25.4. The molecule has 0 radical (unpaired) electrons. The summed E-state index contributed by atoms with van der Waals surface area (Å²) in [5.74, 6) is -1.45. The number of likely N-dealkylation sites (tertiary alicyclic amines) is 1. The molecule has 0 aliphatic carbocycles. The summed E-state index contributed by atoms with van der Waals surface area (Å²) in [7, 11) is 0. The van der Waals surface area contributed by atoms with E-state index in [4.69, 9.17) is 0 Å². The van der Waals surface area contributed by atoms with Crippen molar-refractivity contribution in [2.75, 3.05) is 6.54 Å². The van der Waals surface area contributed by atoms with E-state index in [0.29, 0.717) is 24.9 Å². The molecule has 3 rings (SSSR count). The van der Waals surface area contributed by atoms with Crippen molar-refractivity contribution < 1.29 is 29.3 Å². The van der Waals surface area contributed by atoms with Gasteiger partial charge in [0, 0.05) is 24.5 Å². The van der Waals surface area contributed by atoms with E-state index < -0.39 is 42.5 Å². The Morgan fingerprint density at radius 3 is 2.71 bits per heavy atom. The number of carbonyl (C=O) groups is 3. The highest BCUT2D eigenvalue weighted by molar-refractivity contribution is 5.91. The predicted octanol–water partition coefficient (Wildman–Crippen LogP) is -0.264. The van der Waals surface area contributed by atoms with E-state index in [9.17, 15) is 24.6 Å². The Morgan fingerprint density at radius 2 is 2.10 bits per heavy atom. The summed E-state index contributed by atoms with van der Waals surface area (Å²) >= 11 is 0. The summed E-state index contributed by atoms with van der Waals surface area (Å²) in [4.78, 5) is 43.0. The molecular formula is C21H30N4O6. The minimum atomic E-state index is -1.38. The van der Waals surface area contributed by atoms with E-state index >= 15 is 0 Å². The second kappa shape index (κ2) is 9.71. The SMILES string of the molecule is Cc1ccncc1C(O)N[C@H](C(=O)N1CCC[C@H]1C(=O)N[C@H]1CC(=O)O[C@H]1O)C(C)C. The molecule has 2 saturated heterocycles. The number of esters is 1. The van der Waals surface area contributed by atoms with Gasteiger partial charge in [0.15, 0.2) is 0 Å². The molecule has 0 spiro atoms. The number of nitrogens with one attached hydrogen (secondary N) is 2. The Morgan fingerprint density at radius 1 is 1.35 bits per heavy atom. The van der Waals surface area contributed by atoms with Crippen molar-refractivity contribution in [3.05, 3.63) is 29.6 Å². The number of pyridine rings is 1. The number of carbonyl (C=O) groups excluding carboxylic acids is 3. The molecule has 0 aromatic carbocycles. The first-order chi connectivity index (χ1) is 14.7. The fourth-order valence-electron chi connectivity index (χ4n) is 4.00. The summed E-state index contributed by atoms with van der Waals surface area (Å²) in [5, 5.41) is 26.0. The maximum atomic E-state index is 13.3. The van der Waals surface area contributed by atoms with Crippen LogP contribution < -0.4 is 10.6 Å². The molecule has 0 bridgehead atoms. The molecular weight excluding hydrogens is 404 g/mol. The zero-order valence-corrected chi connectivity index (χ0v) is 17.9. The van der Waals surface area contributed by atoms with E-state index in [2.05, 4.69) is 20.4 Å². The average Bonchev–Trinajstić information content (AvgIpc) is 3.32.